The van der Waals surface area contributed by atoms with Crippen molar-refractivity contribution in [1.82, 2.24) is 54.6 Å². The van der Waals surface area contributed by atoms with E-state index in [9.17, 15) is 0 Å². The first-order valence-corrected chi connectivity index (χ1v) is 17.6. The topological polar surface area (TPSA) is 148 Å². The number of anilines is 2. The van der Waals surface area contributed by atoms with Gasteiger partial charge in [0, 0.05) is 49.5 Å². The third-order valence-electron chi connectivity index (χ3n) is 9.15. The van der Waals surface area contributed by atoms with Crippen molar-refractivity contribution < 1.29 is 14.2 Å². The molecular weight excluding hydrogens is 660 g/mol. The monoisotopic (exact) mass is 702 g/mol. The number of hydrogen-bond donors (Lipinski definition) is 1. The van der Waals surface area contributed by atoms with Gasteiger partial charge in [-0.25, -0.2) is 14.6 Å². The van der Waals surface area contributed by atoms with Crippen LogP contribution in [0.5, 0.6) is 11.6 Å². The van der Waals surface area contributed by atoms with Crippen molar-refractivity contribution in [3.63, 3.8) is 0 Å². The summed E-state index contributed by atoms with van der Waals surface area (Å²) in [5.41, 5.74) is 2.41. The average molecular weight is 703 g/mol. The summed E-state index contributed by atoms with van der Waals surface area (Å²) in [5, 5.41) is 24.3. The maximum atomic E-state index is 6.47. The number of morpholine rings is 1. The van der Waals surface area contributed by atoms with E-state index in [0.717, 1.165) is 55.6 Å². The summed E-state index contributed by atoms with van der Waals surface area (Å²) >= 11 is 6.47. The quantitative estimate of drug-likeness (QED) is 0.175. The van der Waals surface area contributed by atoms with Gasteiger partial charge < -0.3 is 19.5 Å². The van der Waals surface area contributed by atoms with Crippen LogP contribution in [0.3, 0.4) is 0 Å². The number of benzene rings is 1. The molecule has 0 amide bonds. The van der Waals surface area contributed by atoms with Gasteiger partial charge in [-0.1, -0.05) is 17.7 Å². The number of nitrogens with zero attached hydrogens (tertiary/aromatic N) is 11. The minimum atomic E-state index is -0.210. The van der Waals surface area contributed by atoms with Crippen molar-refractivity contribution in [2.24, 2.45) is 0 Å². The van der Waals surface area contributed by atoms with Crippen LogP contribution in [0.1, 0.15) is 52.5 Å². The molecule has 1 saturated heterocycles. The zero-order chi connectivity index (χ0) is 34.5. The minimum absolute atomic E-state index is 0.210. The third kappa shape index (κ3) is 8.40. The Kier molecular flexibility index (Phi) is 10.5. The zero-order valence-electron chi connectivity index (χ0n) is 28.5. The number of aromatic nitrogens is 10. The van der Waals surface area contributed by atoms with E-state index in [2.05, 4.69) is 59.3 Å². The van der Waals surface area contributed by atoms with Gasteiger partial charge in [0.1, 0.15) is 30.5 Å². The molecule has 7 rings (SSSR count). The molecule has 1 aromatic carbocycles. The van der Waals surface area contributed by atoms with Crippen LogP contribution >= 0.6 is 11.6 Å². The summed E-state index contributed by atoms with van der Waals surface area (Å²) in [6.45, 7) is 9.78. The summed E-state index contributed by atoms with van der Waals surface area (Å²) < 4.78 is 23.8. The smallest absolute Gasteiger partial charge is 0.257 e. The highest BCUT2D eigenvalue weighted by molar-refractivity contribution is 6.32. The lowest BCUT2D eigenvalue weighted by Gasteiger charge is -2.42. The predicted octanol–water partition coefficient (Wildman–Crippen LogP) is 5.06. The summed E-state index contributed by atoms with van der Waals surface area (Å²) in [4.78, 5) is 11.9. The van der Waals surface area contributed by atoms with Crippen LogP contribution in [0.2, 0.25) is 5.02 Å². The summed E-state index contributed by atoms with van der Waals surface area (Å²) in [6.07, 6.45) is 15.5. The van der Waals surface area contributed by atoms with E-state index in [-0.39, 0.29) is 24.4 Å². The largest absolute Gasteiger partial charge is 0.487 e. The lowest BCUT2D eigenvalue weighted by atomic mass is 9.89. The number of ether oxygens (including phenoxy) is 3. The molecule has 5 aromatic rings. The molecule has 264 valence electrons. The fourth-order valence-corrected chi connectivity index (χ4v) is 7.01. The van der Waals surface area contributed by atoms with Crippen LogP contribution < -0.4 is 14.8 Å². The summed E-state index contributed by atoms with van der Waals surface area (Å²) in [7, 11) is 0. The highest BCUT2D eigenvalue weighted by Crippen LogP contribution is 2.36. The first-order valence-electron chi connectivity index (χ1n) is 17.2. The molecule has 4 aromatic heterocycles. The van der Waals surface area contributed by atoms with E-state index >= 15 is 0 Å². The number of hydrogen-bond acceptors (Lipinski definition) is 12. The van der Waals surface area contributed by atoms with Crippen LogP contribution in [0.25, 0.3) is 11.1 Å². The summed E-state index contributed by atoms with van der Waals surface area (Å²) in [6, 6.07) is 8.36. The third-order valence-corrected chi connectivity index (χ3v) is 9.46. The molecule has 3 atom stereocenters. The minimum Gasteiger partial charge on any atom is -0.487 e. The molecule has 2 aliphatic rings. The van der Waals surface area contributed by atoms with Crippen molar-refractivity contribution in [1.29, 1.82) is 0 Å². The van der Waals surface area contributed by atoms with Crippen LogP contribution in [0, 0.1) is 0 Å². The molecule has 1 N–H and O–H groups in total. The van der Waals surface area contributed by atoms with E-state index in [4.69, 9.17) is 30.9 Å². The molecule has 1 aliphatic carbocycles. The van der Waals surface area contributed by atoms with E-state index in [1.807, 2.05) is 42.2 Å². The van der Waals surface area contributed by atoms with Crippen LogP contribution in [-0.4, -0.2) is 98.7 Å². The highest BCUT2D eigenvalue weighted by Gasteiger charge is 2.32. The fraction of sp³-hybridized carbons (Fsp3) is 0.500. The molecule has 0 spiro atoms. The van der Waals surface area contributed by atoms with E-state index < -0.39 is 0 Å². The first-order chi connectivity index (χ1) is 24.4. The van der Waals surface area contributed by atoms with Gasteiger partial charge in [-0.3, -0.25) is 14.3 Å². The number of rotatable bonds is 13. The molecule has 1 aliphatic heterocycles. The molecule has 1 saturated carbocycles. The van der Waals surface area contributed by atoms with Gasteiger partial charge in [-0.2, -0.15) is 5.10 Å². The van der Waals surface area contributed by atoms with Crippen molar-refractivity contribution in [3.05, 3.63) is 66.6 Å². The van der Waals surface area contributed by atoms with E-state index in [0.29, 0.717) is 48.3 Å². The Hall–Kier alpha value is -4.60. The Labute approximate surface area is 295 Å². The Morgan fingerprint density at radius 3 is 2.52 bits per heavy atom. The number of tetrazole rings is 1. The number of nitrogens with one attached hydrogen (secondary N) is 1. The van der Waals surface area contributed by atoms with Gasteiger partial charge in [0.2, 0.25) is 5.95 Å². The molecule has 2 fully saturated rings. The lowest BCUT2D eigenvalue weighted by molar-refractivity contribution is -0.0852. The molecule has 0 radical (unpaired) electrons. The number of halogens is 1. The first kappa shape index (κ1) is 33.9. The van der Waals surface area contributed by atoms with Crippen molar-refractivity contribution >= 4 is 23.2 Å². The van der Waals surface area contributed by atoms with Crippen molar-refractivity contribution in [2.75, 3.05) is 25.0 Å². The standard InChI is InChI=1S/C34H43ClN12O3/c1-23-18-44(19-24(2)49-23)28-6-8-29(9-7-28)47-21-31(33(41-47)48-14-13-45-12-4-11-39-45)40-34-36-16-27(17-37-34)26-5-10-30(35)32(15-26)50-25(3)20-46-22-38-42-43-46/h4-5,10-12,15-17,21-25,28-29H,6-9,13-14,18-20H2,1-3H3,(H,36,37,40)/t23-,24+,25-,28?,29?/m0/s1. The normalized spacial score (nSPS) is 21.9. The highest BCUT2D eigenvalue weighted by atomic mass is 35.5. The molecule has 50 heavy (non-hydrogen) atoms. The second kappa shape index (κ2) is 15.5. The van der Waals surface area contributed by atoms with E-state index in [1.54, 1.807) is 35.7 Å². The fourth-order valence-electron chi connectivity index (χ4n) is 6.84. The molecule has 0 unspecified atom stereocenters. The maximum absolute atomic E-state index is 6.47. The predicted molar refractivity (Wildman–Crippen MR) is 186 cm³/mol. The van der Waals surface area contributed by atoms with Crippen LogP contribution in [-0.2, 0) is 17.8 Å². The zero-order valence-corrected chi connectivity index (χ0v) is 29.3. The van der Waals surface area contributed by atoms with Crippen LogP contribution in [0.15, 0.2) is 61.6 Å². The lowest BCUT2D eigenvalue weighted by Crippen LogP contribution is -2.51. The molecule has 5 heterocycles. The Balaban J connectivity index is 1.02. The van der Waals surface area contributed by atoms with Gasteiger partial charge in [0.25, 0.3) is 5.88 Å². The molecular formula is C34H43ClN12O3. The molecule has 16 heteroatoms. The van der Waals surface area contributed by atoms with E-state index in [1.165, 1.54) is 0 Å². The van der Waals surface area contributed by atoms with Crippen molar-refractivity contribution in [3.8, 4) is 22.8 Å². The Morgan fingerprint density at radius 2 is 1.80 bits per heavy atom. The van der Waals surface area contributed by atoms with Gasteiger partial charge >= 0.3 is 0 Å². The Bertz CT molecular complexity index is 1780. The Morgan fingerprint density at radius 1 is 1.02 bits per heavy atom. The molecule has 0 bridgehead atoms. The van der Waals surface area contributed by atoms with Gasteiger partial charge in [-0.05, 0) is 80.6 Å². The van der Waals surface area contributed by atoms with Gasteiger partial charge in [0.05, 0.1) is 42.6 Å². The summed E-state index contributed by atoms with van der Waals surface area (Å²) in [5.74, 6) is 1.50. The SMILES string of the molecule is C[C@@H]1CN(C2CCC(n3cc(Nc4ncc(-c5ccc(Cl)c(O[C@@H](C)Cn6cnnn6)c5)cn4)c(OCCn4cccn4)n3)CC2)C[C@H](C)O1. The second-order valence-corrected chi connectivity index (χ2v) is 13.6. The second-order valence-electron chi connectivity index (χ2n) is 13.1. The molecule has 15 nitrogen and oxygen atoms in total. The van der Waals surface area contributed by atoms with Crippen LogP contribution in [0.4, 0.5) is 11.6 Å². The van der Waals surface area contributed by atoms with Crippen molar-refractivity contribution in [2.45, 2.75) is 89.9 Å². The van der Waals surface area contributed by atoms with Gasteiger partial charge in [-0.15, -0.1) is 10.2 Å². The average Bonchev–Trinajstić information content (AvgIpc) is 3.90. The maximum Gasteiger partial charge on any atom is 0.257 e. The van der Waals surface area contributed by atoms with Gasteiger partial charge in [0.15, 0.2) is 0 Å².